The zero-order chi connectivity index (χ0) is 21.8. The van der Waals surface area contributed by atoms with E-state index in [-0.39, 0.29) is 15.5 Å². The quantitative estimate of drug-likeness (QED) is 0.555. The van der Waals surface area contributed by atoms with Gasteiger partial charge >= 0.3 is 0 Å². The molecule has 0 bridgehead atoms. The molecule has 0 radical (unpaired) electrons. The molecule has 160 valence electrons. The third-order valence-electron chi connectivity index (χ3n) is 4.98. The van der Waals surface area contributed by atoms with Crippen molar-refractivity contribution in [1.29, 1.82) is 0 Å². The minimum atomic E-state index is -3.64. The Labute approximate surface area is 186 Å². The van der Waals surface area contributed by atoms with E-state index in [0.29, 0.717) is 30.3 Å². The Balaban J connectivity index is 1.49. The standard InChI is InChI=1S/C23H21ClN2O4S/c24-22-13-12-20(31(28,29)26-14-4-5-15-26)16-21(22)23(27)25-17-8-10-19(11-9-17)30-18-6-2-1-3-7-18/h1-3,6-13,16H,4-5,14-15H2,(H,25,27). The van der Waals surface area contributed by atoms with Crippen LogP contribution >= 0.6 is 11.6 Å². The predicted molar refractivity (Wildman–Crippen MR) is 120 cm³/mol. The van der Waals surface area contributed by atoms with Crippen LogP contribution in [0.3, 0.4) is 0 Å². The summed E-state index contributed by atoms with van der Waals surface area (Å²) >= 11 is 6.19. The Kier molecular flexibility index (Phi) is 6.27. The van der Waals surface area contributed by atoms with Gasteiger partial charge in [0.1, 0.15) is 11.5 Å². The number of hydrogen-bond acceptors (Lipinski definition) is 4. The first kappa shape index (κ1) is 21.4. The van der Waals surface area contributed by atoms with E-state index in [1.54, 1.807) is 24.3 Å². The van der Waals surface area contributed by atoms with Crippen LogP contribution in [0.2, 0.25) is 5.02 Å². The number of benzene rings is 3. The summed E-state index contributed by atoms with van der Waals surface area (Å²) in [5.74, 6) is 0.850. The summed E-state index contributed by atoms with van der Waals surface area (Å²) in [6.07, 6.45) is 1.67. The number of amides is 1. The molecule has 0 atom stereocenters. The van der Waals surface area contributed by atoms with E-state index >= 15 is 0 Å². The fourth-order valence-corrected chi connectivity index (χ4v) is 5.09. The maximum atomic E-state index is 12.8. The van der Waals surface area contributed by atoms with Crippen molar-refractivity contribution in [2.45, 2.75) is 17.7 Å². The molecule has 1 saturated heterocycles. The Morgan fingerprint density at radius 3 is 2.23 bits per heavy atom. The zero-order valence-electron chi connectivity index (χ0n) is 16.6. The average Bonchev–Trinajstić information content (AvgIpc) is 3.32. The van der Waals surface area contributed by atoms with E-state index in [4.69, 9.17) is 16.3 Å². The lowest BCUT2D eigenvalue weighted by Crippen LogP contribution is -2.28. The average molecular weight is 457 g/mol. The van der Waals surface area contributed by atoms with Crippen molar-refractivity contribution in [3.05, 3.63) is 83.4 Å². The van der Waals surface area contributed by atoms with Crippen molar-refractivity contribution in [2.24, 2.45) is 0 Å². The van der Waals surface area contributed by atoms with Crippen molar-refractivity contribution >= 4 is 33.2 Å². The second kappa shape index (κ2) is 9.09. The molecule has 4 rings (SSSR count). The molecule has 1 N–H and O–H groups in total. The lowest BCUT2D eigenvalue weighted by atomic mass is 10.2. The summed E-state index contributed by atoms with van der Waals surface area (Å²) < 4.78 is 32.8. The zero-order valence-corrected chi connectivity index (χ0v) is 18.2. The highest BCUT2D eigenvalue weighted by Gasteiger charge is 2.28. The van der Waals surface area contributed by atoms with Crippen molar-refractivity contribution in [1.82, 2.24) is 4.31 Å². The summed E-state index contributed by atoms with van der Waals surface area (Å²) in [5, 5.41) is 2.93. The van der Waals surface area contributed by atoms with Crippen molar-refractivity contribution in [3.8, 4) is 11.5 Å². The molecule has 8 heteroatoms. The smallest absolute Gasteiger partial charge is 0.257 e. The number of sulfonamides is 1. The minimum absolute atomic E-state index is 0.0653. The van der Waals surface area contributed by atoms with Gasteiger partial charge in [-0.15, -0.1) is 0 Å². The van der Waals surface area contributed by atoms with Gasteiger partial charge in [-0.3, -0.25) is 4.79 Å². The van der Waals surface area contributed by atoms with Crippen LogP contribution in [0.15, 0.2) is 77.7 Å². The number of anilines is 1. The molecule has 3 aromatic carbocycles. The van der Waals surface area contributed by atoms with E-state index in [1.807, 2.05) is 30.3 Å². The van der Waals surface area contributed by atoms with Crippen LogP contribution in [-0.2, 0) is 10.0 Å². The van der Waals surface area contributed by atoms with Gasteiger partial charge in [-0.1, -0.05) is 29.8 Å². The Morgan fingerprint density at radius 1 is 0.903 bits per heavy atom. The number of rotatable bonds is 6. The van der Waals surface area contributed by atoms with Gasteiger partial charge < -0.3 is 10.1 Å². The molecule has 1 amide bonds. The minimum Gasteiger partial charge on any atom is -0.457 e. The topological polar surface area (TPSA) is 75.7 Å². The number of ether oxygens (including phenoxy) is 1. The number of nitrogens with zero attached hydrogens (tertiary/aromatic N) is 1. The molecule has 3 aromatic rings. The third kappa shape index (κ3) is 4.90. The van der Waals surface area contributed by atoms with Crippen LogP contribution in [0, 0.1) is 0 Å². The molecular formula is C23H21ClN2O4S. The molecule has 0 aliphatic carbocycles. The molecule has 1 fully saturated rings. The highest BCUT2D eigenvalue weighted by Crippen LogP contribution is 2.27. The molecular weight excluding hydrogens is 436 g/mol. The van der Waals surface area contributed by atoms with Crippen LogP contribution in [0.25, 0.3) is 0 Å². The normalized spacial score (nSPS) is 14.4. The highest BCUT2D eigenvalue weighted by molar-refractivity contribution is 7.89. The fraction of sp³-hybridized carbons (Fsp3) is 0.174. The molecule has 0 spiro atoms. The maximum Gasteiger partial charge on any atom is 0.257 e. The van der Waals surface area contributed by atoms with Crippen LogP contribution < -0.4 is 10.1 Å². The van der Waals surface area contributed by atoms with Gasteiger partial charge in [0, 0.05) is 18.8 Å². The Morgan fingerprint density at radius 2 is 1.55 bits per heavy atom. The first-order chi connectivity index (χ1) is 14.9. The highest BCUT2D eigenvalue weighted by atomic mass is 35.5. The first-order valence-corrected chi connectivity index (χ1v) is 11.7. The van der Waals surface area contributed by atoms with Crippen LogP contribution in [0.5, 0.6) is 11.5 Å². The van der Waals surface area contributed by atoms with Crippen molar-refractivity contribution in [2.75, 3.05) is 18.4 Å². The van der Waals surface area contributed by atoms with E-state index in [9.17, 15) is 13.2 Å². The van der Waals surface area contributed by atoms with Crippen LogP contribution in [0.1, 0.15) is 23.2 Å². The second-order valence-corrected chi connectivity index (χ2v) is 9.49. The number of para-hydroxylation sites is 1. The summed E-state index contributed by atoms with van der Waals surface area (Å²) in [6, 6.07) is 20.4. The maximum absolute atomic E-state index is 12.8. The largest absolute Gasteiger partial charge is 0.457 e. The molecule has 1 aliphatic heterocycles. The van der Waals surface area contributed by atoms with E-state index < -0.39 is 15.9 Å². The fourth-order valence-electron chi connectivity index (χ4n) is 3.35. The van der Waals surface area contributed by atoms with E-state index in [0.717, 1.165) is 12.8 Å². The van der Waals surface area contributed by atoms with Gasteiger partial charge in [-0.05, 0) is 67.4 Å². The molecule has 0 unspecified atom stereocenters. The Bertz CT molecular complexity index is 1180. The molecule has 6 nitrogen and oxygen atoms in total. The summed E-state index contributed by atoms with van der Waals surface area (Å²) in [7, 11) is -3.64. The lowest BCUT2D eigenvalue weighted by molar-refractivity contribution is 0.102. The SMILES string of the molecule is O=C(Nc1ccc(Oc2ccccc2)cc1)c1cc(S(=O)(=O)N2CCCC2)ccc1Cl. The molecule has 1 aliphatic rings. The second-order valence-electron chi connectivity index (χ2n) is 7.15. The van der Waals surface area contributed by atoms with Gasteiger partial charge in [0.2, 0.25) is 10.0 Å². The molecule has 1 heterocycles. The molecule has 0 saturated carbocycles. The summed E-state index contributed by atoms with van der Waals surface area (Å²) in [6.45, 7) is 0.980. The number of hydrogen-bond donors (Lipinski definition) is 1. The van der Waals surface area contributed by atoms with E-state index in [1.165, 1.54) is 22.5 Å². The van der Waals surface area contributed by atoms with Crippen molar-refractivity contribution in [3.63, 3.8) is 0 Å². The number of carbonyl (C=O) groups is 1. The molecule has 31 heavy (non-hydrogen) atoms. The monoisotopic (exact) mass is 456 g/mol. The van der Waals surface area contributed by atoms with Gasteiger partial charge in [0.25, 0.3) is 5.91 Å². The van der Waals surface area contributed by atoms with E-state index in [2.05, 4.69) is 5.32 Å². The first-order valence-electron chi connectivity index (χ1n) is 9.87. The molecule has 0 aromatic heterocycles. The van der Waals surface area contributed by atoms with Gasteiger partial charge in [0.05, 0.1) is 15.5 Å². The van der Waals surface area contributed by atoms with Crippen LogP contribution in [-0.4, -0.2) is 31.7 Å². The predicted octanol–water partition coefficient (Wildman–Crippen LogP) is 5.17. The van der Waals surface area contributed by atoms with Gasteiger partial charge in [-0.2, -0.15) is 4.31 Å². The van der Waals surface area contributed by atoms with Gasteiger partial charge in [-0.25, -0.2) is 8.42 Å². The van der Waals surface area contributed by atoms with Gasteiger partial charge in [0.15, 0.2) is 0 Å². The third-order valence-corrected chi connectivity index (χ3v) is 7.20. The number of nitrogens with one attached hydrogen (secondary N) is 1. The number of carbonyl (C=O) groups excluding carboxylic acids is 1. The van der Waals surface area contributed by atoms with Crippen LogP contribution in [0.4, 0.5) is 5.69 Å². The van der Waals surface area contributed by atoms with Crippen molar-refractivity contribution < 1.29 is 17.9 Å². The number of halogens is 1. The summed E-state index contributed by atoms with van der Waals surface area (Å²) in [5.41, 5.74) is 0.640. The summed E-state index contributed by atoms with van der Waals surface area (Å²) in [4.78, 5) is 12.8. The lowest BCUT2D eigenvalue weighted by Gasteiger charge is -2.16. The Hall–Kier alpha value is -2.87.